The lowest BCUT2D eigenvalue weighted by Gasteiger charge is -2.00. The monoisotopic (exact) mass is 324 g/mol. The highest BCUT2D eigenvalue weighted by molar-refractivity contribution is 6.00. The zero-order valence-corrected chi connectivity index (χ0v) is 13.2. The third-order valence-electron chi connectivity index (χ3n) is 3.52. The second-order valence-electron chi connectivity index (χ2n) is 5.20. The molecule has 24 heavy (non-hydrogen) atoms. The summed E-state index contributed by atoms with van der Waals surface area (Å²) < 4.78 is 6.43. The van der Waals surface area contributed by atoms with Crippen molar-refractivity contribution in [3.05, 3.63) is 76.1 Å². The van der Waals surface area contributed by atoms with Crippen LogP contribution in [-0.2, 0) is 0 Å². The fraction of sp³-hybridized carbons (Fsp3) is 0.118. The first-order valence-corrected chi connectivity index (χ1v) is 7.33. The first-order valence-electron chi connectivity index (χ1n) is 7.33. The van der Waals surface area contributed by atoms with E-state index in [2.05, 4.69) is 15.6 Å². The van der Waals surface area contributed by atoms with E-state index in [0.29, 0.717) is 17.0 Å². The van der Waals surface area contributed by atoms with Crippen molar-refractivity contribution < 1.29 is 9.21 Å². The van der Waals surface area contributed by atoms with Crippen molar-refractivity contribution in [3.63, 3.8) is 0 Å². The van der Waals surface area contributed by atoms with Crippen molar-refractivity contribution in [2.75, 3.05) is 0 Å². The van der Waals surface area contributed by atoms with Crippen LogP contribution in [0.3, 0.4) is 0 Å². The maximum absolute atomic E-state index is 12.6. The summed E-state index contributed by atoms with van der Waals surface area (Å²) in [7, 11) is 0. The van der Waals surface area contributed by atoms with E-state index in [-0.39, 0.29) is 11.3 Å². The molecule has 0 atom stereocenters. The number of amides is 1. The van der Waals surface area contributed by atoms with Crippen molar-refractivity contribution >= 4 is 11.6 Å². The van der Waals surface area contributed by atoms with Gasteiger partial charge in [0.05, 0.1) is 23.2 Å². The lowest BCUT2D eigenvalue weighted by molar-refractivity contribution is 0.0927. The summed E-state index contributed by atoms with van der Waals surface area (Å²) in [5.41, 5.74) is 4.36. The predicted octanol–water partition coefficient (Wildman–Crippen LogP) is 2.22. The summed E-state index contributed by atoms with van der Waals surface area (Å²) in [5, 5.41) is 7.02. The molecule has 7 nitrogen and oxygen atoms in total. The Balaban J connectivity index is 1.89. The van der Waals surface area contributed by atoms with Crippen molar-refractivity contribution in [1.82, 2.24) is 15.2 Å². The number of hydrogen-bond donors (Lipinski definition) is 2. The number of aromatic amines is 1. The molecule has 2 aromatic heterocycles. The van der Waals surface area contributed by atoms with Gasteiger partial charge in [-0.25, -0.2) is 10.1 Å². The van der Waals surface area contributed by atoms with Crippen LogP contribution in [0.1, 0.15) is 28.7 Å². The first kappa shape index (κ1) is 15.5. The Morgan fingerprint density at radius 3 is 2.62 bits per heavy atom. The normalized spacial score (nSPS) is 11.5. The molecular weight excluding hydrogens is 308 g/mol. The Bertz CT molecular complexity index is 934. The van der Waals surface area contributed by atoms with Gasteiger partial charge in [-0.15, -0.1) is 0 Å². The van der Waals surface area contributed by atoms with Crippen LogP contribution >= 0.6 is 0 Å². The maximum atomic E-state index is 12.6. The molecule has 2 heterocycles. The molecule has 0 bridgehead atoms. The minimum atomic E-state index is -0.476. The minimum absolute atomic E-state index is 0.152. The molecule has 0 unspecified atom stereocenters. The number of aryl methyl sites for hydroxylation is 1. The number of benzene rings is 1. The fourth-order valence-electron chi connectivity index (χ4n) is 2.38. The second-order valence-corrected chi connectivity index (χ2v) is 5.20. The van der Waals surface area contributed by atoms with Crippen LogP contribution in [0.2, 0.25) is 0 Å². The highest BCUT2D eigenvalue weighted by atomic mass is 16.3. The van der Waals surface area contributed by atoms with Crippen LogP contribution in [-0.4, -0.2) is 21.4 Å². The van der Waals surface area contributed by atoms with Gasteiger partial charge in [0.15, 0.2) is 5.76 Å². The van der Waals surface area contributed by atoms with E-state index in [1.165, 1.54) is 17.0 Å². The Labute approximate surface area is 137 Å². The number of hydrazone groups is 1. The molecule has 0 aliphatic carbocycles. The van der Waals surface area contributed by atoms with Crippen LogP contribution in [0, 0.1) is 6.92 Å². The third-order valence-corrected chi connectivity index (χ3v) is 3.52. The molecule has 3 aromatic rings. The van der Waals surface area contributed by atoms with E-state index in [1.54, 1.807) is 19.9 Å². The zero-order chi connectivity index (χ0) is 17.1. The van der Waals surface area contributed by atoms with Crippen LogP contribution in [0.5, 0.6) is 0 Å². The smallest absolute Gasteiger partial charge is 0.307 e. The molecule has 3 rings (SSSR count). The topological polar surface area (TPSA) is 92.4 Å². The summed E-state index contributed by atoms with van der Waals surface area (Å²) >= 11 is 0. The van der Waals surface area contributed by atoms with E-state index in [1.807, 2.05) is 30.3 Å². The molecule has 7 heteroatoms. The second kappa shape index (κ2) is 6.41. The number of aromatic nitrogens is 2. The SMILES string of the molecule is C/C(=N/NC(=O)c1ccco1)c1c(C)[nH]n(-c2ccccc2)c1=O. The van der Waals surface area contributed by atoms with E-state index < -0.39 is 5.91 Å². The number of H-pyrrole nitrogens is 1. The Morgan fingerprint density at radius 1 is 1.21 bits per heavy atom. The van der Waals surface area contributed by atoms with Crippen molar-refractivity contribution in [2.24, 2.45) is 5.10 Å². The van der Waals surface area contributed by atoms with Gasteiger partial charge in [0, 0.05) is 5.69 Å². The molecule has 0 fully saturated rings. The van der Waals surface area contributed by atoms with Gasteiger partial charge in [0.2, 0.25) is 0 Å². The minimum Gasteiger partial charge on any atom is -0.459 e. The predicted molar refractivity (Wildman–Crippen MR) is 89.5 cm³/mol. The molecule has 2 N–H and O–H groups in total. The van der Waals surface area contributed by atoms with Crippen molar-refractivity contribution in [3.8, 4) is 5.69 Å². The zero-order valence-electron chi connectivity index (χ0n) is 13.2. The van der Waals surface area contributed by atoms with Gasteiger partial charge >= 0.3 is 5.91 Å². The van der Waals surface area contributed by atoms with Crippen LogP contribution in [0.4, 0.5) is 0 Å². The Kier molecular flexibility index (Phi) is 4.15. The largest absolute Gasteiger partial charge is 0.459 e. The molecule has 0 spiro atoms. The number of hydrogen-bond acceptors (Lipinski definition) is 4. The molecule has 0 saturated heterocycles. The summed E-state index contributed by atoms with van der Waals surface area (Å²) in [4.78, 5) is 24.5. The fourth-order valence-corrected chi connectivity index (χ4v) is 2.38. The lowest BCUT2D eigenvalue weighted by Crippen LogP contribution is -2.23. The molecule has 1 aromatic carbocycles. The van der Waals surface area contributed by atoms with Gasteiger partial charge in [-0.1, -0.05) is 18.2 Å². The van der Waals surface area contributed by atoms with Crippen molar-refractivity contribution in [1.29, 1.82) is 0 Å². The van der Waals surface area contributed by atoms with Gasteiger partial charge in [0.25, 0.3) is 5.56 Å². The lowest BCUT2D eigenvalue weighted by atomic mass is 10.2. The molecule has 122 valence electrons. The number of furan rings is 1. The molecule has 0 aliphatic heterocycles. The summed E-state index contributed by atoms with van der Waals surface area (Å²) in [6.07, 6.45) is 1.40. The van der Waals surface area contributed by atoms with E-state index >= 15 is 0 Å². The highest BCUT2D eigenvalue weighted by Gasteiger charge is 2.15. The summed E-state index contributed by atoms with van der Waals surface area (Å²) in [6.45, 7) is 3.44. The quantitative estimate of drug-likeness (QED) is 0.569. The van der Waals surface area contributed by atoms with Crippen LogP contribution in [0.15, 0.2) is 63.0 Å². The van der Waals surface area contributed by atoms with Crippen LogP contribution in [0.25, 0.3) is 5.69 Å². The molecule has 0 aliphatic rings. The third kappa shape index (κ3) is 2.91. The average Bonchev–Trinajstić information content (AvgIpc) is 3.22. The van der Waals surface area contributed by atoms with E-state index in [9.17, 15) is 9.59 Å². The van der Waals surface area contributed by atoms with Gasteiger partial charge in [-0.05, 0) is 38.1 Å². The number of para-hydroxylation sites is 1. The Morgan fingerprint density at radius 2 is 1.96 bits per heavy atom. The molecule has 1 amide bonds. The van der Waals surface area contributed by atoms with E-state index in [4.69, 9.17) is 4.42 Å². The van der Waals surface area contributed by atoms with Gasteiger partial charge in [0.1, 0.15) is 0 Å². The molecule has 0 saturated carbocycles. The van der Waals surface area contributed by atoms with Gasteiger partial charge in [-0.2, -0.15) is 5.10 Å². The molecule has 0 radical (unpaired) electrons. The number of carbonyl (C=O) groups is 1. The number of carbonyl (C=O) groups excluding carboxylic acids is 1. The number of rotatable bonds is 4. The number of nitrogens with zero attached hydrogens (tertiary/aromatic N) is 2. The molecular formula is C17H16N4O3. The van der Waals surface area contributed by atoms with Crippen molar-refractivity contribution in [2.45, 2.75) is 13.8 Å². The summed E-state index contributed by atoms with van der Waals surface area (Å²) in [6, 6.07) is 12.4. The van der Waals surface area contributed by atoms with Gasteiger partial charge in [-0.3, -0.25) is 14.7 Å². The summed E-state index contributed by atoms with van der Waals surface area (Å²) in [5.74, 6) is -0.324. The first-order chi connectivity index (χ1) is 11.6. The highest BCUT2D eigenvalue weighted by Crippen LogP contribution is 2.08. The van der Waals surface area contributed by atoms with E-state index in [0.717, 1.165) is 5.69 Å². The average molecular weight is 324 g/mol. The van der Waals surface area contributed by atoms with Gasteiger partial charge < -0.3 is 4.42 Å². The number of nitrogens with one attached hydrogen (secondary N) is 2. The Hall–Kier alpha value is -3.35. The van der Waals surface area contributed by atoms with Crippen LogP contribution < -0.4 is 11.0 Å². The maximum Gasteiger partial charge on any atom is 0.307 e. The standard InChI is InChI=1S/C17H16N4O3/c1-11(18-19-16(22)14-9-6-10-24-14)15-12(2)20-21(17(15)23)13-7-4-3-5-8-13/h3-10,20H,1-2H3,(H,19,22)/b18-11-.